The van der Waals surface area contributed by atoms with E-state index >= 15 is 0 Å². The van der Waals surface area contributed by atoms with Crippen molar-refractivity contribution in [2.75, 3.05) is 41.0 Å². The Kier molecular flexibility index (Phi) is 10.0. The van der Waals surface area contributed by atoms with Crippen molar-refractivity contribution in [2.45, 2.75) is 138 Å². The number of carboxylic acid groups (broad SMARTS) is 1. The molecule has 11 atom stereocenters. The monoisotopic (exact) mass is 660 g/mol. The number of aliphatic hydroxyl groups is 1. The summed E-state index contributed by atoms with van der Waals surface area (Å²) in [5, 5.41) is 23.0. The van der Waals surface area contributed by atoms with Gasteiger partial charge < -0.3 is 29.3 Å². The Balaban J connectivity index is 1.55. The minimum absolute atomic E-state index is 0.0583. The molecule has 0 spiro atoms. The van der Waals surface area contributed by atoms with Crippen LogP contribution in [0.2, 0.25) is 0 Å². The van der Waals surface area contributed by atoms with E-state index in [-0.39, 0.29) is 51.2 Å². The molecule has 7 nitrogen and oxygen atoms in total. The van der Waals surface area contributed by atoms with Crippen molar-refractivity contribution in [2.24, 2.45) is 56.7 Å². The van der Waals surface area contributed by atoms with E-state index in [1.165, 1.54) is 5.57 Å². The molecule has 4 fully saturated rings. The maximum atomic E-state index is 13.4. The third-order valence-electron chi connectivity index (χ3n) is 16.3. The SMILES string of the molecule is CO[C@@H]1C[C@]2([C@H](C)O)C3=CC[C@@]4(C)[C@H](C(=O)O)[C@@](C)([C@H](C)C(C)C)CC[C@]4(C)[C@H]3CC[C@H]2C(C)(C)[C@H]1OCC1(N(C)C)CCOCC1. The summed E-state index contributed by atoms with van der Waals surface area (Å²) in [6.45, 7) is 22.6. The number of fused-ring (bicyclic) bond motifs is 5. The molecule has 0 radical (unpaired) electrons. The first-order valence-electron chi connectivity index (χ1n) is 18.8. The van der Waals surface area contributed by atoms with Gasteiger partial charge in [0.15, 0.2) is 0 Å². The van der Waals surface area contributed by atoms with Gasteiger partial charge in [-0.25, -0.2) is 0 Å². The summed E-state index contributed by atoms with van der Waals surface area (Å²) < 4.78 is 19.2. The first-order chi connectivity index (χ1) is 21.8. The molecule has 0 bridgehead atoms. The van der Waals surface area contributed by atoms with Crippen LogP contribution in [0.1, 0.15) is 114 Å². The van der Waals surface area contributed by atoms with Gasteiger partial charge in [-0.1, -0.05) is 67.0 Å². The fourth-order valence-corrected chi connectivity index (χ4v) is 12.7. The number of nitrogens with zero attached hydrogens (tertiary/aromatic N) is 1. The average Bonchev–Trinajstić information content (AvgIpc) is 3.00. The van der Waals surface area contributed by atoms with Crippen LogP contribution in [0.3, 0.4) is 0 Å². The standard InChI is InChI=1S/C40H69NO6/c1-25(2)26(3)36(7)17-18-37(8)28-13-14-31-35(5,6)33(47-24-39(41(10)11)19-21-46-22-20-39)30(45-12)23-40(31,27(4)42)29(28)15-16-38(37,9)32(36)34(43)44/h15,25-28,30-33,42H,13-14,16-24H2,1-12H3,(H,43,44)/t26-,27+,28+,30-,31+,32-,33+,36-,37-,38+,40+/m1/s1. The number of ether oxygens (including phenoxy) is 3. The van der Waals surface area contributed by atoms with E-state index in [4.69, 9.17) is 14.2 Å². The predicted molar refractivity (Wildman–Crippen MR) is 187 cm³/mol. The van der Waals surface area contributed by atoms with Crippen LogP contribution in [-0.4, -0.2) is 86.0 Å². The second-order valence-corrected chi connectivity index (χ2v) is 18.7. The van der Waals surface area contributed by atoms with Gasteiger partial charge in [-0.3, -0.25) is 4.79 Å². The second kappa shape index (κ2) is 12.7. The van der Waals surface area contributed by atoms with Crippen molar-refractivity contribution in [1.29, 1.82) is 0 Å². The Hall–Kier alpha value is -0.990. The van der Waals surface area contributed by atoms with Crippen LogP contribution in [0, 0.1) is 56.7 Å². The summed E-state index contributed by atoms with van der Waals surface area (Å²) in [5.74, 6) is 0.118. The highest BCUT2D eigenvalue weighted by atomic mass is 16.5. The number of aliphatic hydroxyl groups excluding tert-OH is 1. The molecule has 0 aromatic carbocycles. The largest absolute Gasteiger partial charge is 0.481 e. The van der Waals surface area contributed by atoms with Crippen molar-refractivity contribution in [1.82, 2.24) is 4.90 Å². The van der Waals surface area contributed by atoms with Gasteiger partial charge in [-0.05, 0) is 118 Å². The molecule has 5 rings (SSSR count). The fourth-order valence-electron chi connectivity index (χ4n) is 12.7. The normalized spacial score (nSPS) is 44.1. The zero-order chi connectivity index (χ0) is 35.0. The van der Waals surface area contributed by atoms with Crippen LogP contribution in [-0.2, 0) is 19.0 Å². The van der Waals surface area contributed by atoms with Crippen molar-refractivity contribution < 1.29 is 29.2 Å². The van der Waals surface area contributed by atoms with E-state index in [1.807, 2.05) is 14.0 Å². The molecule has 1 heterocycles. The first-order valence-corrected chi connectivity index (χ1v) is 18.8. The third-order valence-corrected chi connectivity index (χ3v) is 16.3. The van der Waals surface area contributed by atoms with Crippen molar-refractivity contribution in [3.63, 3.8) is 0 Å². The van der Waals surface area contributed by atoms with E-state index in [0.29, 0.717) is 18.4 Å². The molecule has 0 aromatic rings. The molecule has 1 aliphatic heterocycles. The lowest BCUT2D eigenvalue weighted by atomic mass is 9.34. The van der Waals surface area contributed by atoms with Crippen molar-refractivity contribution in [3.05, 3.63) is 11.6 Å². The van der Waals surface area contributed by atoms with Crippen LogP contribution in [0.4, 0.5) is 0 Å². The third kappa shape index (κ3) is 5.33. The van der Waals surface area contributed by atoms with E-state index in [1.54, 1.807) is 0 Å². The summed E-state index contributed by atoms with van der Waals surface area (Å²) in [4.78, 5) is 15.7. The maximum Gasteiger partial charge on any atom is 0.307 e. The lowest BCUT2D eigenvalue weighted by Crippen LogP contribution is -2.68. The Morgan fingerprint density at radius 3 is 2.17 bits per heavy atom. The van der Waals surface area contributed by atoms with Gasteiger partial charge in [0.2, 0.25) is 0 Å². The van der Waals surface area contributed by atoms with E-state index < -0.39 is 23.4 Å². The van der Waals surface area contributed by atoms with E-state index in [0.717, 1.165) is 64.6 Å². The molecule has 5 aliphatic rings. The number of methoxy groups -OCH3 is 1. The molecule has 0 unspecified atom stereocenters. The Labute approximate surface area is 286 Å². The summed E-state index contributed by atoms with van der Waals surface area (Å²) in [5.41, 5.74) is -0.191. The molecule has 0 amide bonds. The topological polar surface area (TPSA) is 88.5 Å². The molecule has 4 aliphatic carbocycles. The summed E-state index contributed by atoms with van der Waals surface area (Å²) in [6.07, 6.45) is 8.91. The van der Waals surface area contributed by atoms with E-state index in [9.17, 15) is 15.0 Å². The zero-order valence-corrected chi connectivity index (χ0v) is 31.9. The van der Waals surface area contributed by atoms with Gasteiger partial charge in [-0.2, -0.15) is 0 Å². The molecular formula is C40H69NO6. The molecule has 3 saturated carbocycles. The summed E-state index contributed by atoms with van der Waals surface area (Å²) >= 11 is 0. The van der Waals surface area contributed by atoms with Crippen LogP contribution < -0.4 is 0 Å². The van der Waals surface area contributed by atoms with Gasteiger partial charge in [0.25, 0.3) is 0 Å². The molecule has 1 saturated heterocycles. The number of rotatable bonds is 9. The average molecular weight is 660 g/mol. The van der Waals surface area contributed by atoms with Crippen LogP contribution in [0.25, 0.3) is 0 Å². The minimum Gasteiger partial charge on any atom is -0.481 e. The molecule has 0 aromatic heterocycles. The number of likely N-dealkylation sites (N-methyl/N-ethyl adjacent to an activating group) is 1. The molecule has 7 heteroatoms. The smallest absolute Gasteiger partial charge is 0.307 e. The van der Waals surface area contributed by atoms with Crippen LogP contribution >= 0.6 is 0 Å². The van der Waals surface area contributed by atoms with Gasteiger partial charge >= 0.3 is 5.97 Å². The van der Waals surface area contributed by atoms with Crippen molar-refractivity contribution >= 4 is 5.97 Å². The zero-order valence-electron chi connectivity index (χ0n) is 31.9. The highest BCUT2D eigenvalue weighted by molar-refractivity contribution is 5.73. The van der Waals surface area contributed by atoms with Gasteiger partial charge in [0, 0.05) is 31.3 Å². The van der Waals surface area contributed by atoms with Gasteiger partial charge in [0.05, 0.1) is 30.8 Å². The number of carbonyl (C=O) groups is 1. The van der Waals surface area contributed by atoms with Crippen LogP contribution in [0.15, 0.2) is 11.6 Å². The maximum absolute atomic E-state index is 13.4. The van der Waals surface area contributed by atoms with Crippen molar-refractivity contribution in [3.8, 4) is 0 Å². The van der Waals surface area contributed by atoms with E-state index in [2.05, 4.69) is 80.5 Å². The lowest BCUT2D eigenvalue weighted by Gasteiger charge is -2.70. The van der Waals surface area contributed by atoms with Gasteiger partial charge in [-0.15, -0.1) is 0 Å². The Morgan fingerprint density at radius 2 is 1.64 bits per heavy atom. The Bertz CT molecular complexity index is 1190. The number of hydrogen-bond acceptors (Lipinski definition) is 6. The number of aliphatic carboxylic acids is 1. The molecule has 47 heavy (non-hydrogen) atoms. The minimum atomic E-state index is -0.637. The predicted octanol–water partition coefficient (Wildman–Crippen LogP) is 7.46. The molecule has 270 valence electrons. The second-order valence-electron chi connectivity index (χ2n) is 18.7. The number of hydrogen-bond donors (Lipinski definition) is 2. The molecule has 2 N–H and O–H groups in total. The number of allylic oxidation sites excluding steroid dienone is 1. The highest BCUT2D eigenvalue weighted by Gasteiger charge is 2.71. The highest BCUT2D eigenvalue weighted by Crippen LogP contribution is 2.74. The lowest BCUT2D eigenvalue weighted by molar-refractivity contribution is -0.236. The fraction of sp³-hybridized carbons (Fsp3) is 0.925. The first kappa shape index (κ1) is 37.3. The Morgan fingerprint density at radius 1 is 1.00 bits per heavy atom. The molecular weight excluding hydrogens is 590 g/mol. The van der Waals surface area contributed by atoms with Gasteiger partial charge in [0.1, 0.15) is 0 Å². The summed E-state index contributed by atoms with van der Waals surface area (Å²) in [7, 11) is 6.13. The summed E-state index contributed by atoms with van der Waals surface area (Å²) in [6, 6.07) is 0. The number of carboxylic acids is 1. The van der Waals surface area contributed by atoms with Crippen LogP contribution in [0.5, 0.6) is 0 Å². The quantitative estimate of drug-likeness (QED) is 0.249.